The van der Waals surface area contributed by atoms with E-state index >= 15 is 0 Å². The zero-order chi connectivity index (χ0) is 10.5. The van der Waals surface area contributed by atoms with E-state index in [1.807, 2.05) is 12.1 Å². The van der Waals surface area contributed by atoms with Crippen molar-refractivity contribution in [3.63, 3.8) is 0 Å². The first kappa shape index (κ1) is 11.3. The minimum atomic E-state index is 0.493. The van der Waals surface area contributed by atoms with Crippen LogP contribution in [0.2, 0.25) is 5.02 Å². The van der Waals surface area contributed by atoms with Crippen LogP contribution in [-0.2, 0) is 0 Å². The molecular weight excluding hydrogens is 338 g/mol. The molecule has 0 spiro atoms. The molecule has 0 unspecified atom stereocenters. The number of halogens is 1. The Balaban J connectivity index is 2.03. The molecule has 2 rings (SSSR count). The van der Waals surface area contributed by atoms with E-state index in [4.69, 9.17) is 11.6 Å². The van der Waals surface area contributed by atoms with Gasteiger partial charge < -0.3 is 0 Å². The van der Waals surface area contributed by atoms with Crippen molar-refractivity contribution < 1.29 is 0 Å². The summed E-state index contributed by atoms with van der Waals surface area (Å²) in [6, 6.07) is 18.8. The van der Waals surface area contributed by atoms with Crippen LogP contribution in [0.25, 0.3) is 0 Å². The van der Waals surface area contributed by atoms with Crippen molar-refractivity contribution in [1.82, 2.24) is 0 Å². The van der Waals surface area contributed by atoms with E-state index in [0.29, 0.717) is 26.3 Å². The summed E-state index contributed by atoms with van der Waals surface area (Å²) < 4.78 is 2.76. The van der Waals surface area contributed by atoms with Gasteiger partial charge in [0.05, 0.1) is 0 Å². The standard InChI is InChI=1S/C12H9ClSe2/c13-11-8-4-5-9-12(11)15-14-10-6-2-1-3-7-10/h1-9H. The molecule has 0 N–H and O–H groups in total. The molecule has 0 aromatic heterocycles. The van der Waals surface area contributed by atoms with Gasteiger partial charge in [-0.3, -0.25) is 0 Å². The molecule has 0 radical (unpaired) electrons. The van der Waals surface area contributed by atoms with Crippen LogP contribution in [0, 0.1) is 0 Å². The fourth-order valence-electron chi connectivity index (χ4n) is 1.08. The Hall–Kier alpha value is -0.231. The van der Waals surface area contributed by atoms with E-state index in [0.717, 1.165) is 5.02 Å². The van der Waals surface area contributed by atoms with Crippen molar-refractivity contribution in [2.75, 3.05) is 0 Å². The van der Waals surface area contributed by atoms with E-state index in [1.165, 1.54) is 8.92 Å². The molecule has 0 atom stereocenters. The fraction of sp³-hybridized carbons (Fsp3) is 0. The van der Waals surface area contributed by atoms with Crippen molar-refractivity contribution in [3.8, 4) is 0 Å². The number of hydrogen-bond acceptors (Lipinski definition) is 0. The quantitative estimate of drug-likeness (QED) is 0.741. The zero-order valence-corrected chi connectivity index (χ0v) is 12.1. The summed E-state index contributed by atoms with van der Waals surface area (Å²) >= 11 is 7.15. The van der Waals surface area contributed by atoms with Crippen LogP contribution in [0.5, 0.6) is 0 Å². The second kappa shape index (κ2) is 5.74. The summed E-state index contributed by atoms with van der Waals surface area (Å²) in [5.74, 6) is 0. The first-order chi connectivity index (χ1) is 7.36. The van der Waals surface area contributed by atoms with Crippen LogP contribution >= 0.6 is 11.6 Å². The molecule has 3 heteroatoms. The van der Waals surface area contributed by atoms with Crippen molar-refractivity contribution in [3.05, 3.63) is 59.6 Å². The van der Waals surface area contributed by atoms with Gasteiger partial charge in [-0.2, -0.15) is 0 Å². The van der Waals surface area contributed by atoms with Crippen molar-refractivity contribution >= 4 is 46.8 Å². The second-order valence-corrected chi connectivity index (χ2v) is 9.56. The first-order valence-electron chi connectivity index (χ1n) is 4.50. The Morgan fingerprint density at radius 3 is 2.13 bits per heavy atom. The van der Waals surface area contributed by atoms with Gasteiger partial charge in [-0.05, 0) is 0 Å². The summed E-state index contributed by atoms with van der Waals surface area (Å²) in [6.45, 7) is 0. The Morgan fingerprint density at radius 1 is 0.733 bits per heavy atom. The third-order valence-corrected chi connectivity index (χ3v) is 9.63. The third kappa shape index (κ3) is 3.38. The molecule has 2 aromatic carbocycles. The van der Waals surface area contributed by atoms with Crippen molar-refractivity contribution in [1.29, 1.82) is 0 Å². The van der Waals surface area contributed by atoms with Gasteiger partial charge in [0, 0.05) is 0 Å². The maximum atomic E-state index is 6.12. The van der Waals surface area contributed by atoms with Gasteiger partial charge >= 0.3 is 106 Å². The van der Waals surface area contributed by atoms with Crippen LogP contribution in [0.3, 0.4) is 0 Å². The van der Waals surface area contributed by atoms with Gasteiger partial charge in [0.2, 0.25) is 0 Å². The van der Waals surface area contributed by atoms with Gasteiger partial charge in [-0.15, -0.1) is 0 Å². The zero-order valence-electron chi connectivity index (χ0n) is 7.89. The Morgan fingerprint density at radius 2 is 1.40 bits per heavy atom. The Kier molecular flexibility index (Phi) is 4.31. The first-order valence-corrected chi connectivity index (χ1v) is 10.9. The summed E-state index contributed by atoms with van der Waals surface area (Å²) in [6.07, 6.45) is 0. The summed E-state index contributed by atoms with van der Waals surface area (Å²) in [7, 11) is 0. The second-order valence-electron chi connectivity index (χ2n) is 2.91. The molecule has 0 aliphatic carbocycles. The van der Waals surface area contributed by atoms with Crippen molar-refractivity contribution in [2.45, 2.75) is 0 Å². The SMILES string of the molecule is Clc1ccccc1[Se][Se]c1ccccc1. The topological polar surface area (TPSA) is 0 Å². The monoisotopic (exact) mass is 348 g/mol. The van der Waals surface area contributed by atoms with E-state index < -0.39 is 0 Å². The fourth-order valence-corrected chi connectivity index (χ4v) is 8.32. The van der Waals surface area contributed by atoms with Gasteiger partial charge in [0.25, 0.3) is 0 Å². The third-order valence-electron chi connectivity index (χ3n) is 1.81. The molecule has 0 amide bonds. The maximum absolute atomic E-state index is 6.12. The van der Waals surface area contributed by atoms with Gasteiger partial charge in [-0.25, -0.2) is 0 Å². The number of benzene rings is 2. The van der Waals surface area contributed by atoms with Crippen LogP contribution in [0.15, 0.2) is 54.6 Å². The minimum absolute atomic E-state index is 0.493. The van der Waals surface area contributed by atoms with Gasteiger partial charge in [0.15, 0.2) is 0 Å². The molecule has 0 bridgehead atoms. The molecule has 0 aliphatic heterocycles. The average Bonchev–Trinajstić information content (AvgIpc) is 2.29. The predicted molar refractivity (Wildman–Crippen MR) is 68.7 cm³/mol. The molecule has 76 valence electrons. The molecule has 2 aromatic rings. The van der Waals surface area contributed by atoms with Gasteiger partial charge in [0.1, 0.15) is 0 Å². The molecule has 0 fully saturated rings. The molecule has 0 nitrogen and oxygen atoms in total. The average molecular weight is 347 g/mol. The Bertz CT molecular complexity index is 429. The number of hydrogen-bond donors (Lipinski definition) is 0. The number of rotatable bonds is 3. The molecule has 0 heterocycles. The molecule has 0 saturated carbocycles. The normalized spacial score (nSPS) is 10.2. The Labute approximate surface area is 106 Å². The molecule has 15 heavy (non-hydrogen) atoms. The summed E-state index contributed by atoms with van der Waals surface area (Å²) in [5.41, 5.74) is 0. The molecule has 0 saturated heterocycles. The molecular formula is C12H9ClSe2. The van der Waals surface area contributed by atoms with Crippen LogP contribution in [-0.4, -0.2) is 26.3 Å². The summed E-state index contributed by atoms with van der Waals surface area (Å²) in [4.78, 5) is 0. The van der Waals surface area contributed by atoms with E-state index in [2.05, 4.69) is 42.5 Å². The van der Waals surface area contributed by atoms with E-state index in [9.17, 15) is 0 Å². The predicted octanol–water partition coefficient (Wildman–Crippen LogP) is 1.61. The van der Waals surface area contributed by atoms with Crippen LogP contribution in [0.1, 0.15) is 0 Å². The van der Waals surface area contributed by atoms with E-state index in [1.54, 1.807) is 0 Å². The van der Waals surface area contributed by atoms with Gasteiger partial charge in [-0.1, -0.05) is 0 Å². The molecule has 0 aliphatic rings. The van der Waals surface area contributed by atoms with Crippen molar-refractivity contribution in [2.24, 2.45) is 0 Å². The van der Waals surface area contributed by atoms with E-state index in [-0.39, 0.29) is 0 Å². The van der Waals surface area contributed by atoms with Crippen LogP contribution in [0.4, 0.5) is 0 Å². The summed E-state index contributed by atoms with van der Waals surface area (Å²) in [5, 5.41) is 0.912. The van der Waals surface area contributed by atoms with Crippen LogP contribution < -0.4 is 8.92 Å².